The molecule has 0 saturated carbocycles. The first-order valence-corrected chi connectivity index (χ1v) is 7.93. The normalized spacial score (nSPS) is 30.4. The van der Waals surface area contributed by atoms with Crippen LogP contribution in [-0.4, -0.2) is 66.2 Å². The van der Waals surface area contributed by atoms with E-state index < -0.39 is 11.4 Å². The number of rotatable bonds is 4. The predicted molar refractivity (Wildman–Crippen MR) is 80.2 cm³/mol. The van der Waals surface area contributed by atoms with E-state index in [1.165, 1.54) is 0 Å². The van der Waals surface area contributed by atoms with Gasteiger partial charge in [-0.05, 0) is 45.2 Å². The number of carboxylic acid groups (broad SMARTS) is 1. The van der Waals surface area contributed by atoms with Crippen LogP contribution >= 0.6 is 0 Å². The van der Waals surface area contributed by atoms with Crippen molar-refractivity contribution in [3.05, 3.63) is 0 Å². The molecule has 2 atom stereocenters. The van der Waals surface area contributed by atoms with Crippen molar-refractivity contribution in [1.82, 2.24) is 15.1 Å². The average molecular weight is 297 g/mol. The van der Waals surface area contributed by atoms with Gasteiger partial charge in [-0.1, -0.05) is 6.92 Å². The zero-order valence-electron chi connectivity index (χ0n) is 13.1. The number of carbonyl (C=O) groups is 2. The highest BCUT2D eigenvalue weighted by atomic mass is 16.4. The zero-order valence-corrected chi connectivity index (χ0v) is 13.1. The largest absolute Gasteiger partial charge is 0.481 e. The molecule has 0 aromatic rings. The summed E-state index contributed by atoms with van der Waals surface area (Å²) in [5.41, 5.74) is -0.804. The smallest absolute Gasteiger partial charge is 0.317 e. The quantitative estimate of drug-likeness (QED) is 0.818. The van der Waals surface area contributed by atoms with E-state index in [9.17, 15) is 14.7 Å². The Morgan fingerprint density at radius 3 is 2.76 bits per heavy atom. The molecule has 2 rings (SSSR count). The molecule has 2 unspecified atom stereocenters. The van der Waals surface area contributed by atoms with Crippen molar-refractivity contribution in [3.8, 4) is 0 Å². The van der Waals surface area contributed by atoms with E-state index in [0.29, 0.717) is 32.0 Å². The minimum Gasteiger partial charge on any atom is -0.481 e. The van der Waals surface area contributed by atoms with Crippen molar-refractivity contribution in [2.24, 2.45) is 11.3 Å². The van der Waals surface area contributed by atoms with E-state index in [4.69, 9.17) is 0 Å². The molecule has 0 radical (unpaired) electrons. The second-order valence-electron chi connectivity index (χ2n) is 6.62. The van der Waals surface area contributed by atoms with Crippen molar-refractivity contribution in [2.75, 3.05) is 39.3 Å². The Morgan fingerprint density at radius 1 is 1.38 bits per heavy atom. The van der Waals surface area contributed by atoms with Crippen LogP contribution in [-0.2, 0) is 4.79 Å². The van der Waals surface area contributed by atoms with Gasteiger partial charge in [0.15, 0.2) is 0 Å². The minimum atomic E-state index is -0.811. The third kappa shape index (κ3) is 3.87. The van der Waals surface area contributed by atoms with Crippen molar-refractivity contribution in [3.63, 3.8) is 0 Å². The van der Waals surface area contributed by atoms with Crippen LogP contribution in [0.2, 0.25) is 0 Å². The number of hydrogen-bond acceptors (Lipinski definition) is 3. The SMILES string of the molecule is CCN1CCC(CNC(=O)N2CCCC(C)(C(=O)O)C2)C1. The van der Waals surface area contributed by atoms with Crippen molar-refractivity contribution in [2.45, 2.75) is 33.1 Å². The maximum atomic E-state index is 12.2. The number of amides is 2. The third-order valence-corrected chi connectivity index (χ3v) is 4.86. The Bertz CT molecular complexity index is 402. The summed E-state index contributed by atoms with van der Waals surface area (Å²) in [5.74, 6) is -0.293. The highest BCUT2D eigenvalue weighted by Crippen LogP contribution is 2.29. The number of urea groups is 1. The van der Waals surface area contributed by atoms with Crippen molar-refractivity contribution < 1.29 is 14.7 Å². The van der Waals surface area contributed by atoms with Gasteiger partial charge < -0.3 is 20.2 Å². The highest BCUT2D eigenvalue weighted by Gasteiger charge is 2.39. The number of piperidine rings is 1. The van der Waals surface area contributed by atoms with E-state index in [0.717, 1.165) is 32.5 Å². The molecule has 0 bridgehead atoms. The fourth-order valence-electron chi connectivity index (χ4n) is 3.30. The monoisotopic (exact) mass is 297 g/mol. The molecule has 2 saturated heterocycles. The fraction of sp³-hybridized carbons (Fsp3) is 0.867. The summed E-state index contributed by atoms with van der Waals surface area (Å²) in [6.45, 7) is 8.75. The van der Waals surface area contributed by atoms with Gasteiger partial charge in [0.1, 0.15) is 0 Å². The average Bonchev–Trinajstić information content (AvgIpc) is 2.92. The van der Waals surface area contributed by atoms with Crippen LogP contribution in [0.4, 0.5) is 4.79 Å². The lowest BCUT2D eigenvalue weighted by Crippen LogP contribution is -2.52. The van der Waals surface area contributed by atoms with E-state index in [-0.39, 0.29) is 6.03 Å². The second-order valence-corrected chi connectivity index (χ2v) is 6.62. The van der Waals surface area contributed by atoms with Gasteiger partial charge >= 0.3 is 12.0 Å². The summed E-state index contributed by atoms with van der Waals surface area (Å²) in [7, 11) is 0. The molecule has 2 heterocycles. The number of carbonyl (C=O) groups excluding carboxylic acids is 1. The van der Waals surface area contributed by atoms with Gasteiger partial charge in [-0.2, -0.15) is 0 Å². The van der Waals surface area contributed by atoms with Crippen LogP contribution in [0, 0.1) is 11.3 Å². The Morgan fingerprint density at radius 2 is 2.14 bits per heavy atom. The first kappa shape index (κ1) is 16.1. The number of nitrogens with one attached hydrogen (secondary N) is 1. The lowest BCUT2D eigenvalue weighted by Gasteiger charge is -2.37. The van der Waals surface area contributed by atoms with Crippen LogP contribution in [0.1, 0.15) is 33.1 Å². The number of likely N-dealkylation sites (tertiary alicyclic amines) is 2. The van der Waals surface area contributed by atoms with Gasteiger partial charge in [-0.3, -0.25) is 4.79 Å². The number of hydrogen-bond donors (Lipinski definition) is 2. The summed E-state index contributed by atoms with van der Waals surface area (Å²) in [6.07, 6.45) is 2.52. The summed E-state index contributed by atoms with van der Waals surface area (Å²) < 4.78 is 0. The second kappa shape index (κ2) is 6.64. The molecule has 6 nitrogen and oxygen atoms in total. The molecule has 2 N–H and O–H groups in total. The molecule has 2 amide bonds. The Hall–Kier alpha value is -1.30. The first-order chi connectivity index (χ1) is 9.94. The summed E-state index contributed by atoms with van der Waals surface area (Å²) in [6, 6.07) is -0.114. The zero-order chi connectivity index (χ0) is 15.5. The van der Waals surface area contributed by atoms with Crippen LogP contribution in [0.15, 0.2) is 0 Å². The number of aliphatic carboxylic acids is 1. The summed E-state index contributed by atoms with van der Waals surface area (Å²) >= 11 is 0. The minimum absolute atomic E-state index is 0.114. The van der Waals surface area contributed by atoms with E-state index in [2.05, 4.69) is 17.1 Å². The molecule has 2 aliphatic rings. The summed E-state index contributed by atoms with van der Waals surface area (Å²) in [5, 5.41) is 12.3. The fourth-order valence-corrected chi connectivity index (χ4v) is 3.30. The van der Waals surface area contributed by atoms with Gasteiger partial charge in [0.25, 0.3) is 0 Å². The molecule has 2 aliphatic heterocycles. The van der Waals surface area contributed by atoms with Crippen LogP contribution < -0.4 is 5.32 Å². The molecule has 0 aromatic heterocycles. The number of carboxylic acids is 1. The van der Waals surface area contributed by atoms with Crippen LogP contribution in [0.5, 0.6) is 0 Å². The maximum Gasteiger partial charge on any atom is 0.317 e. The topological polar surface area (TPSA) is 72.9 Å². The highest BCUT2D eigenvalue weighted by molar-refractivity contribution is 5.78. The molecular weight excluding hydrogens is 270 g/mol. The Labute approximate surface area is 126 Å². The first-order valence-electron chi connectivity index (χ1n) is 7.93. The Kier molecular flexibility index (Phi) is 5.08. The molecule has 2 fully saturated rings. The van der Waals surface area contributed by atoms with E-state index in [1.54, 1.807) is 11.8 Å². The van der Waals surface area contributed by atoms with Gasteiger partial charge in [0, 0.05) is 26.2 Å². The van der Waals surface area contributed by atoms with Crippen LogP contribution in [0.25, 0.3) is 0 Å². The van der Waals surface area contributed by atoms with Crippen molar-refractivity contribution >= 4 is 12.0 Å². The molecular formula is C15H27N3O3. The van der Waals surface area contributed by atoms with Gasteiger partial charge in [0.2, 0.25) is 0 Å². The van der Waals surface area contributed by atoms with Gasteiger partial charge in [-0.25, -0.2) is 4.79 Å². The third-order valence-electron chi connectivity index (χ3n) is 4.86. The maximum absolute atomic E-state index is 12.2. The van der Waals surface area contributed by atoms with Crippen molar-refractivity contribution in [1.29, 1.82) is 0 Å². The molecule has 21 heavy (non-hydrogen) atoms. The Balaban J connectivity index is 1.79. The molecule has 0 spiro atoms. The lowest BCUT2D eigenvalue weighted by molar-refractivity contribution is -0.150. The van der Waals surface area contributed by atoms with E-state index >= 15 is 0 Å². The molecule has 120 valence electrons. The van der Waals surface area contributed by atoms with Crippen LogP contribution in [0.3, 0.4) is 0 Å². The standard InChI is InChI=1S/C15H27N3O3/c1-3-17-8-5-12(10-17)9-16-14(21)18-7-4-6-15(2,11-18)13(19)20/h12H,3-11H2,1-2H3,(H,16,21)(H,19,20). The van der Waals surface area contributed by atoms with Gasteiger partial charge in [0.05, 0.1) is 5.41 Å². The van der Waals surface area contributed by atoms with Gasteiger partial charge in [-0.15, -0.1) is 0 Å². The lowest BCUT2D eigenvalue weighted by atomic mass is 9.82. The molecule has 0 aliphatic carbocycles. The molecule has 6 heteroatoms. The predicted octanol–water partition coefficient (Wildman–Crippen LogP) is 1.22. The summed E-state index contributed by atoms with van der Waals surface area (Å²) in [4.78, 5) is 27.6. The number of nitrogens with zero attached hydrogens (tertiary/aromatic N) is 2. The molecule has 0 aromatic carbocycles. The van der Waals surface area contributed by atoms with E-state index in [1.807, 2.05) is 0 Å².